The van der Waals surface area contributed by atoms with Gasteiger partial charge >= 0.3 is 0 Å². The maximum absolute atomic E-state index is 12.5. The number of rotatable bonds is 3. The van der Waals surface area contributed by atoms with E-state index in [1.165, 1.54) is 18.5 Å². The van der Waals surface area contributed by atoms with E-state index in [1.54, 1.807) is 0 Å². The fourth-order valence-corrected chi connectivity index (χ4v) is 5.48. The van der Waals surface area contributed by atoms with E-state index in [-0.39, 0.29) is 11.8 Å². The van der Waals surface area contributed by atoms with Crippen LogP contribution in [0.4, 0.5) is 0 Å². The van der Waals surface area contributed by atoms with Crippen LogP contribution >= 0.6 is 0 Å². The average molecular weight is 380 g/mol. The van der Waals surface area contributed by atoms with Gasteiger partial charge in [0, 0.05) is 36.5 Å². The molecule has 3 aliphatic rings. The summed E-state index contributed by atoms with van der Waals surface area (Å²) in [7, 11) is 0. The molecular weight excluding hydrogens is 350 g/mol. The predicted octanol–water partition coefficient (Wildman–Crippen LogP) is 3.52. The Hall–Kier alpha value is -2.14. The molecule has 148 valence electrons. The van der Waals surface area contributed by atoms with Crippen molar-refractivity contribution in [2.24, 2.45) is 11.3 Å². The average Bonchev–Trinajstić information content (AvgIpc) is 3.14. The Morgan fingerprint density at radius 3 is 2.43 bits per heavy atom. The summed E-state index contributed by atoms with van der Waals surface area (Å²) < 4.78 is 1.97. The van der Waals surface area contributed by atoms with Gasteiger partial charge in [0.15, 0.2) is 0 Å². The Morgan fingerprint density at radius 1 is 1.11 bits per heavy atom. The van der Waals surface area contributed by atoms with Gasteiger partial charge in [0.1, 0.15) is 0 Å². The second-order valence-electron chi connectivity index (χ2n) is 9.59. The Morgan fingerprint density at radius 2 is 1.79 bits per heavy atom. The van der Waals surface area contributed by atoms with Crippen molar-refractivity contribution >= 4 is 5.91 Å². The second-order valence-corrected chi connectivity index (χ2v) is 9.59. The lowest BCUT2D eigenvalue weighted by atomic mass is 9.64. The van der Waals surface area contributed by atoms with Crippen molar-refractivity contribution in [3.8, 4) is 5.69 Å². The van der Waals surface area contributed by atoms with E-state index in [0.29, 0.717) is 24.2 Å². The molecule has 5 nitrogen and oxygen atoms in total. The zero-order valence-corrected chi connectivity index (χ0v) is 16.6. The van der Waals surface area contributed by atoms with Crippen LogP contribution in [0.2, 0.25) is 0 Å². The number of carbonyl (C=O) groups excluding carboxylic acids is 1. The molecule has 5 heteroatoms. The fourth-order valence-electron chi connectivity index (χ4n) is 5.48. The van der Waals surface area contributed by atoms with Crippen molar-refractivity contribution in [1.82, 2.24) is 14.7 Å². The monoisotopic (exact) mass is 379 g/mol. The van der Waals surface area contributed by atoms with Crippen LogP contribution in [0.1, 0.15) is 57.1 Å². The summed E-state index contributed by atoms with van der Waals surface area (Å²) in [6.45, 7) is 3.65. The molecule has 1 aromatic carbocycles. The maximum atomic E-state index is 12.5. The third-order valence-corrected chi connectivity index (χ3v) is 7.18. The van der Waals surface area contributed by atoms with Crippen LogP contribution in [-0.4, -0.2) is 44.4 Å². The molecule has 1 spiro atoms. The second kappa shape index (κ2) is 6.45. The SMILES string of the molecule is C[C@]1(O)C[C@@H](C(=O)N2CC3(CCC(c4ccn(-c5ccccc5)n4)CC3)C2)C1. The molecule has 2 saturated carbocycles. The summed E-state index contributed by atoms with van der Waals surface area (Å²) in [5, 5.41) is 14.7. The highest BCUT2D eigenvalue weighted by Crippen LogP contribution is 2.49. The van der Waals surface area contributed by atoms with Crippen LogP contribution < -0.4 is 0 Å². The van der Waals surface area contributed by atoms with Crippen molar-refractivity contribution < 1.29 is 9.90 Å². The molecule has 1 aliphatic heterocycles. The fraction of sp³-hybridized carbons (Fsp3) is 0.565. The van der Waals surface area contributed by atoms with Crippen molar-refractivity contribution in [3.05, 3.63) is 48.3 Å². The molecular formula is C23H29N3O2. The van der Waals surface area contributed by atoms with Crippen molar-refractivity contribution in [2.45, 2.75) is 57.0 Å². The van der Waals surface area contributed by atoms with Gasteiger partial charge in [-0.25, -0.2) is 4.68 Å². The number of aromatic nitrogens is 2. The molecule has 0 atom stereocenters. The van der Waals surface area contributed by atoms with Gasteiger partial charge in [-0.2, -0.15) is 5.10 Å². The molecule has 2 aliphatic carbocycles. The lowest BCUT2D eigenvalue weighted by Gasteiger charge is -2.55. The number of hydrogen-bond acceptors (Lipinski definition) is 3. The summed E-state index contributed by atoms with van der Waals surface area (Å²) in [6.07, 6.45) is 8.00. The van der Waals surface area contributed by atoms with Crippen LogP contribution in [0.5, 0.6) is 0 Å². The minimum atomic E-state index is -0.621. The summed E-state index contributed by atoms with van der Waals surface area (Å²) in [4.78, 5) is 14.6. The van der Waals surface area contributed by atoms with E-state index in [0.717, 1.165) is 31.6 Å². The molecule has 0 unspecified atom stereocenters. The number of benzene rings is 1. The van der Waals surface area contributed by atoms with Gasteiger partial charge in [-0.05, 0) is 63.6 Å². The van der Waals surface area contributed by atoms with Crippen molar-refractivity contribution in [2.75, 3.05) is 13.1 Å². The molecule has 28 heavy (non-hydrogen) atoms. The van der Waals surface area contributed by atoms with Crippen LogP contribution in [0.25, 0.3) is 5.69 Å². The van der Waals surface area contributed by atoms with Crippen molar-refractivity contribution in [1.29, 1.82) is 0 Å². The number of amides is 1. The van der Waals surface area contributed by atoms with E-state index in [2.05, 4.69) is 24.4 Å². The number of carbonyl (C=O) groups is 1. The molecule has 5 rings (SSSR count). The minimum Gasteiger partial charge on any atom is -0.390 e. The van der Waals surface area contributed by atoms with Crippen LogP contribution in [-0.2, 0) is 4.79 Å². The summed E-state index contributed by atoms with van der Waals surface area (Å²) >= 11 is 0. The Bertz CT molecular complexity index is 849. The van der Waals surface area contributed by atoms with Gasteiger partial charge < -0.3 is 10.0 Å². The number of para-hydroxylation sites is 1. The number of likely N-dealkylation sites (tertiary alicyclic amines) is 1. The number of hydrogen-bond donors (Lipinski definition) is 1. The number of aliphatic hydroxyl groups is 1. The topological polar surface area (TPSA) is 58.4 Å². The first-order chi connectivity index (χ1) is 13.4. The standard InChI is InChI=1S/C23H29N3O2/c1-22(28)13-18(14-22)21(27)25-15-23(16-25)10-7-17(8-11-23)20-9-12-26(24-20)19-5-3-2-4-6-19/h2-6,9,12,17-18,28H,7-8,10-11,13-16H2,1H3/t18-,22+. The molecule has 1 aromatic heterocycles. The highest BCUT2D eigenvalue weighted by Gasteiger charge is 2.51. The first kappa shape index (κ1) is 17.9. The minimum absolute atomic E-state index is 0.0469. The van der Waals surface area contributed by atoms with E-state index in [9.17, 15) is 9.90 Å². The van der Waals surface area contributed by atoms with Gasteiger partial charge in [-0.3, -0.25) is 4.79 Å². The first-order valence-electron chi connectivity index (χ1n) is 10.6. The molecule has 0 bridgehead atoms. The van der Waals surface area contributed by atoms with Gasteiger partial charge in [0.05, 0.1) is 17.0 Å². The predicted molar refractivity (Wildman–Crippen MR) is 107 cm³/mol. The Labute approximate surface area is 166 Å². The largest absolute Gasteiger partial charge is 0.390 e. The zero-order chi connectivity index (χ0) is 19.4. The third kappa shape index (κ3) is 3.16. The van der Waals surface area contributed by atoms with Crippen molar-refractivity contribution in [3.63, 3.8) is 0 Å². The van der Waals surface area contributed by atoms with E-state index in [1.807, 2.05) is 34.7 Å². The summed E-state index contributed by atoms with van der Waals surface area (Å²) in [6, 6.07) is 12.4. The molecule has 2 aromatic rings. The Balaban J connectivity index is 1.15. The molecule has 1 amide bonds. The highest BCUT2D eigenvalue weighted by atomic mass is 16.3. The highest BCUT2D eigenvalue weighted by molar-refractivity contribution is 5.81. The zero-order valence-electron chi connectivity index (χ0n) is 16.6. The first-order valence-corrected chi connectivity index (χ1v) is 10.6. The van der Waals surface area contributed by atoms with Crippen LogP contribution in [0, 0.1) is 11.3 Å². The van der Waals surface area contributed by atoms with Gasteiger partial charge in [-0.15, -0.1) is 0 Å². The maximum Gasteiger partial charge on any atom is 0.225 e. The number of nitrogens with zero attached hydrogens (tertiary/aromatic N) is 3. The van der Waals surface area contributed by atoms with Gasteiger partial charge in [0.25, 0.3) is 0 Å². The van der Waals surface area contributed by atoms with Gasteiger partial charge in [-0.1, -0.05) is 18.2 Å². The summed E-state index contributed by atoms with van der Waals surface area (Å²) in [5.41, 5.74) is 2.01. The lowest BCUT2D eigenvalue weighted by Crippen LogP contribution is -2.62. The van der Waals surface area contributed by atoms with E-state index < -0.39 is 5.60 Å². The van der Waals surface area contributed by atoms with Crippen LogP contribution in [0.15, 0.2) is 42.6 Å². The molecule has 1 N–H and O–H groups in total. The molecule has 2 heterocycles. The quantitative estimate of drug-likeness (QED) is 0.888. The summed E-state index contributed by atoms with van der Waals surface area (Å²) in [5.74, 6) is 0.841. The lowest BCUT2D eigenvalue weighted by molar-refractivity contribution is -0.163. The normalized spacial score (nSPS) is 29.4. The van der Waals surface area contributed by atoms with Gasteiger partial charge in [0.2, 0.25) is 5.91 Å². The van der Waals surface area contributed by atoms with E-state index >= 15 is 0 Å². The molecule has 0 radical (unpaired) electrons. The molecule has 1 saturated heterocycles. The smallest absolute Gasteiger partial charge is 0.225 e. The third-order valence-electron chi connectivity index (χ3n) is 7.18. The molecule has 3 fully saturated rings. The van der Waals surface area contributed by atoms with Crippen LogP contribution in [0.3, 0.4) is 0 Å². The van der Waals surface area contributed by atoms with E-state index in [4.69, 9.17) is 5.10 Å². The Kier molecular flexibility index (Phi) is 4.13.